The molecule has 2 aromatic rings. The van der Waals surface area contributed by atoms with E-state index in [2.05, 4.69) is 4.74 Å². The first-order chi connectivity index (χ1) is 10.8. The molecular formula is C16H10ClF3O3. The number of alkyl halides is 3. The highest BCUT2D eigenvalue weighted by molar-refractivity contribution is 6.35. The van der Waals surface area contributed by atoms with Crippen LogP contribution in [0.25, 0.3) is 17.2 Å². The minimum absolute atomic E-state index is 0.128. The fourth-order valence-electron chi connectivity index (χ4n) is 1.95. The van der Waals surface area contributed by atoms with Crippen LogP contribution >= 0.6 is 11.6 Å². The molecule has 0 bridgehead atoms. The van der Waals surface area contributed by atoms with Crippen molar-refractivity contribution in [1.82, 2.24) is 0 Å². The second-order valence-electron chi connectivity index (χ2n) is 4.42. The van der Waals surface area contributed by atoms with Gasteiger partial charge < -0.3 is 9.84 Å². The normalized spacial score (nSPS) is 11.7. The van der Waals surface area contributed by atoms with Gasteiger partial charge in [0, 0.05) is 17.2 Å². The fraction of sp³-hybridized carbons (Fsp3) is 0.0625. The lowest BCUT2D eigenvalue weighted by Gasteiger charge is -2.14. The van der Waals surface area contributed by atoms with Gasteiger partial charge in [-0.15, -0.1) is 13.2 Å². The third-order valence-corrected chi connectivity index (χ3v) is 3.26. The zero-order chi connectivity index (χ0) is 17.0. The number of halogens is 4. The second kappa shape index (κ2) is 6.75. The predicted octanol–water partition coefficient (Wildman–Crippen LogP) is 5.00. The fourth-order valence-corrected chi connectivity index (χ4v) is 2.24. The highest BCUT2D eigenvalue weighted by Gasteiger charge is 2.32. The number of ether oxygens (including phenoxy) is 1. The van der Waals surface area contributed by atoms with Crippen molar-refractivity contribution < 1.29 is 27.8 Å². The quantitative estimate of drug-likeness (QED) is 0.795. The van der Waals surface area contributed by atoms with Crippen LogP contribution in [0.15, 0.2) is 48.5 Å². The molecule has 0 atom stereocenters. The summed E-state index contributed by atoms with van der Waals surface area (Å²) in [5.41, 5.74) is 0.827. The van der Waals surface area contributed by atoms with Gasteiger partial charge in [-0.05, 0) is 17.7 Å². The average molecular weight is 343 g/mol. The van der Waals surface area contributed by atoms with Crippen LogP contribution < -0.4 is 4.74 Å². The van der Waals surface area contributed by atoms with Crippen LogP contribution in [0.1, 0.15) is 5.56 Å². The minimum Gasteiger partial charge on any atom is -0.478 e. The Bertz CT molecular complexity index is 754. The number of hydrogen-bond donors (Lipinski definition) is 1. The molecule has 7 heteroatoms. The topological polar surface area (TPSA) is 46.5 Å². The van der Waals surface area contributed by atoms with Crippen molar-refractivity contribution >= 4 is 23.6 Å². The summed E-state index contributed by atoms with van der Waals surface area (Å²) in [5.74, 6) is -1.55. The Labute approximate surface area is 134 Å². The Hall–Kier alpha value is -2.47. The van der Waals surface area contributed by atoms with Crippen molar-refractivity contribution in [3.05, 3.63) is 59.1 Å². The van der Waals surface area contributed by atoms with Gasteiger partial charge in [-0.1, -0.05) is 48.0 Å². The van der Waals surface area contributed by atoms with Gasteiger partial charge in [-0.3, -0.25) is 0 Å². The van der Waals surface area contributed by atoms with Gasteiger partial charge in [0.2, 0.25) is 0 Å². The molecule has 23 heavy (non-hydrogen) atoms. The zero-order valence-electron chi connectivity index (χ0n) is 11.5. The van der Waals surface area contributed by atoms with Crippen LogP contribution in [0.3, 0.4) is 0 Å². The Balaban J connectivity index is 2.51. The SMILES string of the molecule is O=C(O)/C=C/c1cccc(-c2ccccc2OC(F)(F)F)c1Cl. The molecule has 0 heterocycles. The van der Waals surface area contributed by atoms with E-state index in [4.69, 9.17) is 16.7 Å². The van der Waals surface area contributed by atoms with Crippen molar-refractivity contribution in [2.75, 3.05) is 0 Å². The third-order valence-electron chi connectivity index (χ3n) is 2.84. The number of carboxylic acid groups (broad SMARTS) is 1. The van der Waals surface area contributed by atoms with E-state index >= 15 is 0 Å². The summed E-state index contributed by atoms with van der Waals surface area (Å²) in [6.07, 6.45) is -2.67. The van der Waals surface area contributed by atoms with E-state index in [-0.39, 0.29) is 16.3 Å². The number of para-hydroxylation sites is 1. The van der Waals surface area contributed by atoms with Crippen molar-refractivity contribution in [3.8, 4) is 16.9 Å². The maximum absolute atomic E-state index is 12.5. The second-order valence-corrected chi connectivity index (χ2v) is 4.80. The van der Waals surface area contributed by atoms with Crippen LogP contribution in [0.4, 0.5) is 13.2 Å². The summed E-state index contributed by atoms with van der Waals surface area (Å²) in [5, 5.41) is 8.78. The average Bonchev–Trinajstić information content (AvgIpc) is 2.45. The number of rotatable bonds is 4. The zero-order valence-corrected chi connectivity index (χ0v) is 12.2. The molecule has 3 nitrogen and oxygen atoms in total. The largest absolute Gasteiger partial charge is 0.573 e. The van der Waals surface area contributed by atoms with Crippen molar-refractivity contribution in [2.24, 2.45) is 0 Å². The number of benzene rings is 2. The molecule has 0 saturated carbocycles. The first-order valence-electron chi connectivity index (χ1n) is 6.32. The highest BCUT2D eigenvalue weighted by atomic mass is 35.5. The Morgan fingerprint density at radius 1 is 1.09 bits per heavy atom. The summed E-state index contributed by atoms with van der Waals surface area (Å²) in [6.45, 7) is 0. The van der Waals surface area contributed by atoms with E-state index in [9.17, 15) is 18.0 Å². The predicted molar refractivity (Wildman–Crippen MR) is 80.2 cm³/mol. The Morgan fingerprint density at radius 2 is 1.74 bits per heavy atom. The lowest BCUT2D eigenvalue weighted by atomic mass is 10.0. The Kier molecular flexibility index (Phi) is 4.95. The van der Waals surface area contributed by atoms with E-state index in [1.807, 2.05) is 0 Å². The summed E-state index contributed by atoms with van der Waals surface area (Å²) >= 11 is 6.19. The molecule has 2 rings (SSSR count). The molecule has 0 amide bonds. The van der Waals surface area contributed by atoms with Crippen LogP contribution in [-0.4, -0.2) is 17.4 Å². The Morgan fingerprint density at radius 3 is 2.39 bits per heavy atom. The molecule has 0 aliphatic rings. The smallest absolute Gasteiger partial charge is 0.478 e. The van der Waals surface area contributed by atoms with Gasteiger partial charge >= 0.3 is 12.3 Å². The lowest BCUT2D eigenvalue weighted by Crippen LogP contribution is -2.17. The van der Waals surface area contributed by atoms with Gasteiger partial charge in [0.05, 0.1) is 5.02 Å². The van der Waals surface area contributed by atoms with Crippen molar-refractivity contribution in [1.29, 1.82) is 0 Å². The maximum atomic E-state index is 12.5. The summed E-state index contributed by atoms with van der Waals surface area (Å²) in [7, 11) is 0. The molecule has 0 saturated heterocycles. The van der Waals surface area contributed by atoms with E-state index in [0.717, 1.165) is 6.08 Å². The van der Waals surface area contributed by atoms with E-state index in [1.165, 1.54) is 30.3 Å². The monoisotopic (exact) mass is 342 g/mol. The molecule has 120 valence electrons. The van der Waals surface area contributed by atoms with Crippen molar-refractivity contribution in [3.63, 3.8) is 0 Å². The standard InChI is InChI=1S/C16H10ClF3O3/c17-15-10(8-9-14(21)22)4-3-6-12(15)11-5-1-2-7-13(11)23-16(18,19)20/h1-9H,(H,21,22)/b9-8+. The molecular weight excluding hydrogens is 333 g/mol. The summed E-state index contributed by atoms with van der Waals surface area (Å²) in [6, 6.07) is 10.2. The molecule has 0 radical (unpaired) electrons. The molecule has 1 N–H and O–H groups in total. The number of aliphatic carboxylic acids is 1. The molecule has 0 fully saturated rings. The number of carbonyl (C=O) groups is 1. The highest BCUT2D eigenvalue weighted by Crippen LogP contribution is 2.38. The molecule has 2 aromatic carbocycles. The number of hydrogen-bond acceptors (Lipinski definition) is 2. The number of carboxylic acids is 1. The minimum atomic E-state index is -4.83. The van der Waals surface area contributed by atoms with Crippen molar-refractivity contribution in [2.45, 2.75) is 6.36 Å². The maximum Gasteiger partial charge on any atom is 0.573 e. The first-order valence-corrected chi connectivity index (χ1v) is 6.70. The van der Waals surface area contributed by atoms with Crippen LogP contribution in [0, 0.1) is 0 Å². The van der Waals surface area contributed by atoms with Crippen LogP contribution in [0.5, 0.6) is 5.75 Å². The van der Waals surface area contributed by atoms with Crippen LogP contribution in [-0.2, 0) is 4.79 Å². The third kappa shape index (κ3) is 4.50. The first kappa shape index (κ1) is 16.9. The van der Waals surface area contributed by atoms with E-state index < -0.39 is 12.3 Å². The lowest BCUT2D eigenvalue weighted by molar-refractivity contribution is -0.274. The summed E-state index contributed by atoms with van der Waals surface area (Å²) < 4.78 is 41.5. The summed E-state index contributed by atoms with van der Waals surface area (Å²) in [4.78, 5) is 10.6. The van der Waals surface area contributed by atoms with Crippen LogP contribution in [0.2, 0.25) is 5.02 Å². The molecule has 0 aliphatic heterocycles. The van der Waals surface area contributed by atoms with Gasteiger partial charge in [0.15, 0.2) is 0 Å². The van der Waals surface area contributed by atoms with Gasteiger partial charge in [0.25, 0.3) is 0 Å². The molecule has 0 aliphatic carbocycles. The van der Waals surface area contributed by atoms with Gasteiger partial charge in [-0.25, -0.2) is 4.79 Å². The van der Waals surface area contributed by atoms with E-state index in [0.29, 0.717) is 11.1 Å². The van der Waals surface area contributed by atoms with E-state index in [1.54, 1.807) is 18.2 Å². The molecule has 0 spiro atoms. The van der Waals surface area contributed by atoms with Gasteiger partial charge in [0.1, 0.15) is 5.75 Å². The molecule has 0 aromatic heterocycles. The molecule has 0 unspecified atom stereocenters. The van der Waals surface area contributed by atoms with Gasteiger partial charge in [-0.2, -0.15) is 0 Å².